The average Bonchev–Trinajstić information content (AvgIpc) is 2.77. The van der Waals surface area contributed by atoms with Crippen LogP contribution in [-0.4, -0.2) is 41.5 Å². The lowest BCUT2D eigenvalue weighted by molar-refractivity contribution is -0.119. The fourth-order valence-electron chi connectivity index (χ4n) is 3.52. The van der Waals surface area contributed by atoms with Crippen LogP contribution in [0.5, 0.6) is 5.75 Å². The third kappa shape index (κ3) is 4.87. The largest absolute Gasteiger partial charge is 0.493 e. The Labute approximate surface area is 188 Å². The van der Waals surface area contributed by atoms with Crippen LogP contribution in [0, 0.1) is 0 Å². The van der Waals surface area contributed by atoms with Crippen molar-refractivity contribution < 1.29 is 14.3 Å². The topological polar surface area (TPSA) is 82.4 Å². The molecule has 1 atom stereocenters. The molecule has 1 amide bonds. The van der Waals surface area contributed by atoms with Gasteiger partial charge in [-0.15, -0.1) is 0 Å². The molecule has 162 valence electrons. The fourth-order valence-corrected chi connectivity index (χ4v) is 4.52. The Balaban J connectivity index is 1.53. The van der Waals surface area contributed by atoms with Crippen LogP contribution >= 0.6 is 23.4 Å². The number of amides is 1. The number of carbonyl (C=O) groups excluding carboxylic acids is 1. The standard InChI is InChI=1S/C22H22ClN3O4S/c1-29-11-9-26-21(28)16-7-6-14(23)12-18(16)25-22(26)31-13-20(27)24-17-8-10-30-19-5-3-2-4-15(17)19/h2-7,12,17H,8-11,13H2,1H3,(H,24,27). The first kappa shape index (κ1) is 21.7. The molecule has 0 radical (unpaired) electrons. The van der Waals surface area contributed by atoms with Gasteiger partial charge in [-0.2, -0.15) is 0 Å². The summed E-state index contributed by atoms with van der Waals surface area (Å²) < 4.78 is 12.3. The van der Waals surface area contributed by atoms with Crippen molar-refractivity contribution >= 4 is 40.2 Å². The van der Waals surface area contributed by atoms with Crippen LogP contribution in [0.3, 0.4) is 0 Å². The molecule has 0 saturated heterocycles. The molecule has 1 N–H and O–H groups in total. The van der Waals surface area contributed by atoms with E-state index in [4.69, 9.17) is 21.1 Å². The molecule has 1 aromatic heterocycles. The molecule has 0 bridgehead atoms. The van der Waals surface area contributed by atoms with Gasteiger partial charge in [0.15, 0.2) is 5.16 Å². The summed E-state index contributed by atoms with van der Waals surface area (Å²) in [4.78, 5) is 30.2. The Morgan fingerprint density at radius 3 is 3.03 bits per heavy atom. The summed E-state index contributed by atoms with van der Waals surface area (Å²) in [6.45, 7) is 1.26. The highest BCUT2D eigenvalue weighted by atomic mass is 35.5. The third-order valence-corrected chi connectivity index (χ3v) is 6.24. The minimum Gasteiger partial charge on any atom is -0.493 e. The highest BCUT2D eigenvalue weighted by Crippen LogP contribution is 2.31. The Morgan fingerprint density at radius 2 is 2.19 bits per heavy atom. The van der Waals surface area contributed by atoms with E-state index in [0.29, 0.717) is 47.3 Å². The summed E-state index contributed by atoms with van der Waals surface area (Å²) in [5.74, 6) is 0.795. The van der Waals surface area contributed by atoms with E-state index in [1.54, 1.807) is 29.9 Å². The molecule has 4 rings (SSSR count). The lowest BCUT2D eigenvalue weighted by Crippen LogP contribution is -2.33. The number of hydrogen-bond acceptors (Lipinski definition) is 6. The number of nitrogens with zero attached hydrogens (tertiary/aromatic N) is 2. The fraction of sp³-hybridized carbons (Fsp3) is 0.318. The van der Waals surface area contributed by atoms with Crippen molar-refractivity contribution in [1.29, 1.82) is 0 Å². The second-order valence-electron chi connectivity index (χ2n) is 7.09. The van der Waals surface area contributed by atoms with Crippen LogP contribution in [0.15, 0.2) is 52.4 Å². The van der Waals surface area contributed by atoms with Crippen LogP contribution < -0.4 is 15.6 Å². The van der Waals surface area contributed by atoms with Gasteiger partial charge in [0.1, 0.15) is 5.75 Å². The van der Waals surface area contributed by atoms with E-state index < -0.39 is 0 Å². The Hall–Kier alpha value is -2.55. The van der Waals surface area contributed by atoms with Gasteiger partial charge in [-0.05, 0) is 24.3 Å². The molecule has 2 aromatic carbocycles. The predicted octanol–water partition coefficient (Wildman–Crippen LogP) is 3.43. The summed E-state index contributed by atoms with van der Waals surface area (Å²) in [6, 6.07) is 12.6. The quantitative estimate of drug-likeness (QED) is 0.430. The number of ether oxygens (including phenoxy) is 2. The maximum atomic E-state index is 13.0. The van der Waals surface area contributed by atoms with Gasteiger partial charge >= 0.3 is 0 Å². The van der Waals surface area contributed by atoms with Gasteiger partial charge in [0, 0.05) is 24.1 Å². The number of methoxy groups -OCH3 is 1. The number of nitrogens with one attached hydrogen (secondary N) is 1. The zero-order valence-electron chi connectivity index (χ0n) is 17.0. The van der Waals surface area contributed by atoms with E-state index in [1.807, 2.05) is 24.3 Å². The second kappa shape index (κ2) is 9.72. The van der Waals surface area contributed by atoms with E-state index in [2.05, 4.69) is 10.3 Å². The van der Waals surface area contributed by atoms with Crippen LogP contribution in [0.2, 0.25) is 5.02 Å². The van der Waals surface area contributed by atoms with E-state index in [-0.39, 0.29) is 23.3 Å². The molecule has 2 heterocycles. The lowest BCUT2D eigenvalue weighted by atomic mass is 10.0. The van der Waals surface area contributed by atoms with E-state index in [9.17, 15) is 9.59 Å². The van der Waals surface area contributed by atoms with Gasteiger partial charge in [0.25, 0.3) is 5.56 Å². The first-order valence-electron chi connectivity index (χ1n) is 9.89. The number of thioether (sulfide) groups is 1. The number of rotatable bonds is 7. The number of para-hydroxylation sites is 1. The van der Waals surface area contributed by atoms with Gasteiger partial charge in [0.05, 0.1) is 42.5 Å². The molecule has 3 aromatic rings. The maximum absolute atomic E-state index is 13.0. The van der Waals surface area contributed by atoms with Crippen LogP contribution in [0.4, 0.5) is 0 Å². The summed E-state index contributed by atoms with van der Waals surface area (Å²) in [5.41, 5.74) is 1.30. The Kier molecular flexibility index (Phi) is 6.80. The smallest absolute Gasteiger partial charge is 0.262 e. The van der Waals surface area contributed by atoms with Crippen molar-refractivity contribution in [3.63, 3.8) is 0 Å². The molecular formula is C22H22ClN3O4S. The third-order valence-electron chi connectivity index (χ3n) is 5.03. The van der Waals surface area contributed by atoms with Gasteiger partial charge in [-0.3, -0.25) is 14.2 Å². The summed E-state index contributed by atoms with van der Waals surface area (Å²) >= 11 is 7.29. The van der Waals surface area contributed by atoms with Crippen molar-refractivity contribution in [2.24, 2.45) is 0 Å². The average molecular weight is 460 g/mol. The van der Waals surface area contributed by atoms with Crippen molar-refractivity contribution in [3.8, 4) is 5.75 Å². The Morgan fingerprint density at radius 1 is 1.35 bits per heavy atom. The van der Waals surface area contributed by atoms with Gasteiger partial charge in [-0.25, -0.2) is 4.98 Å². The van der Waals surface area contributed by atoms with Crippen molar-refractivity contribution in [2.75, 3.05) is 26.1 Å². The van der Waals surface area contributed by atoms with Crippen LogP contribution in [0.1, 0.15) is 18.0 Å². The maximum Gasteiger partial charge on any atom is 0.262 e. The molecule has 31 heavy (non-hydrogen) atoms. The summed E-state index contributed by atoms with van der Waals surface area (Å²) in [5, 5.41) is 4.51. The lowest BCUT2D eigenvalue weighted by Gasteiger charge is -2.26. The number of hydrogen-bond donors (Lipinski definition) is 1. The molecule has 0 spiro atoms. The molecule has 9 heteroatoms. The molecule has 0 saturated carbocycles. The minimum atomic E-state index is -0.181. The number of carbonyl (C=O) groups is 1. The van der Waals surface area contributed by atoms with Crippen molar-refractivity contribution in [2.45, 2.75) is 24.2 Å². The number of fused-ring (bicyclic) bond motifs is 2. The van der Waals surface area contributed by atoms with E-state index >= 15 is 0 Å². The number of aromatic nitrogens is 2. The normalized spacial score (nSPS) is 15.4. The number of benzene rings is 2. The van der Waals surface area contributed by atoms with Crippen molar-refractivity contribution in [3.05, 3.63) is 63.4 Å². The first-order chi connectivity index (χ1) is 15.1. The van der Waals surface area contributed by atoms with Gasteiger partial charge in [0.2, 0.25) is 5.91 Å². The zero-order chi connectivity index (χ0) is 21.8. The Bertz CT molecular complexity index is 1170. The summed E-state index contributed by atoms with van der Waals surface area (Å²) in [7, 11) is 1.57. The minimum absolute atomic E-state index is 0.0999. The molecule has 0 aliphatic carbocycles. The monoisotopic (exact) mass is 459 g/mol. The predicted molar refractivity (Wildman–Crippen MR) is 121 cm³/mol. The zero-order valence-corrected chi connectivity index (χ0v) is 18.5. The van der Waals surface area contributed by atoms with E-state index in [0.717, 1.165) is 11.3 Å². The second-order valence-corrected chi connectivity index (χ2v) is 8.47. The SMILES string of the molecule is COCCn1c(SCC(=O)NC2CCOc3ccccc32)nc2cc(Cl)ccc2c1=O. The number of halogens is 1. The van der Waals surface area contributed by atoms with Crippen molar-refractivity contribution in [1.82, 2.24) is 14.9 Å². The summed E-state index contributed by atoms with van der Waals surface area (Å²) in [6.07, 6.45) is 0.707. The highest BCUT2D eigenvalue weighted by Gasteiger charge is 2.23. The molecule has 1 unspecified atom stereocenters. The molecule has 7 nitrogen and oxygen atoms in total. The van der Waals surface area contributed by atoms with Gasteiger partial charge in [-0.1, -0.05) is 41.6 Å². The van der Waals surface area contributed by atoms with Gasteiger partial charge < -0.3 is 14.8 Å². The van der Waals surface area contributed by atoms with Crippen LogP contribution in [-0.2, 0) is 16.1 Å². The van der Waals surface area contributed by atoms with Crippen LogP contribution in [0.25, 0.3) is 10.9 Å². The molecular weight excluding hydrogens is 438 g/mol. The molecule has 0 fully saturated rings. The molecule has 1 aliphatic heterocycles. The van der Waals surface area contributed by atoms with E-state index in [1.165, 1.54) is 11.8 Å². The molecule has 1 aliphatic rings. The highest BCUT2D eigenvalue weighted by molar-refractivity contribution is 7.99. The first-order valence-corrected chi connectivity index (χ1v) is 11.3.